The summed E-state index contributed by atoms with van der Waals surface area (Å²) in [5.74, 6) is 0. The molecule has 0 aliphatic carbocycles. The Kier molecular flexibility index (Phi) is 5.76. The molecule has 0 unspecified atom stereocenters. The Labute approximate surface area is 87.0 Å². The molecular weight excluding hydrogens is 196 g/mol. The summed E-state index contributed by atoms with van der Waals surface area (Å²) in [7, 11) is -1.56. The topological polar surface area (TPSA) is 0 Å². The maximum Gasteiger partial charge on any atom is 0.180 e. The maximum atomic E-state index is 6.20. The van der Waals surface area contributed by atoms with E-state index in [0.717, 1.165) is 0 Å². The second kappa shape index (κ2) is 6.00. The van der Waals surface area contributed by atoms with Crippen molar-refractivity contribution in [3.63, 3.8) is 0 Å². The van der Waals surface area contributed by atoms with Gasteiger partial charge in [-0.1, -0.05) is 49.5 Å². The van der Waals surface area contributed by atoms with Crippen LogP contribution >= 0.6 is 11.1 Å². The lowest BCUT2D eigenvalue weighted by Gasteiger charge is -2.11. The van der Waals surface area contributed by atoms with Crippen molar-refractivity contribution < 1.29 is 0 Å². The third-order valence-corrected chi connectivity index (χ3v) is 3.82. The van der Waals surface area contributed by atoms with Crippen molar-refractivity contribution in [2.24, 2.45) is 0 Å². The lowest BCUT2D eigenvalue weighted by atomic mass is 10.4. The van der Waals surface area contributed by atoms with Crippen molar-refractivity contribution in [1.82, 2.24) is 0 Å². The Morgan fingerprint density at radius 1 is 1.23 bits per heavy atom. The van der Waals surface area contributed by atoms with E-state index in [1.54, 1.807) is 6.08 Å². The van der Waals surface area contributed by atoms with E-state index in [9.17, 15) is 0 Å². The minimum absolute atomic E-state index is 1.30. The zero-order valence-electron chi connectivity index (χ0n) is 8.55. The first-order chi connectivity index (χ1) is 6.02. The summed E-state index contributed by atoms with van der Waals surface area (Å²) in [6, 6.07) is 10.3. The van der Waals surface area contributed by atoms with Crippen molar-refractivity contribution in [3.8, 4) is 0 Å². The molecule has 0 aliphatic rings. The molecule has 1 aromatic carbocycles. The van der Waals surface area contributed by atoms with Gasteiger partial charge in [-0.15, -0.1) is 6.58 Å². The van der Waals surface area contributed by atoms with Crippen LogP contribution in [0.1, 0.15) is 6.92 Å². The zero-order chi connectivity index (χ0) is 10.3. The Bertz CT molecular complexity index is 236. The minimum Gasteiger partial charge on any atom is -0.162 e. The Morgan fingerprint density at radius 3 is 1.85 bits per heavy atom. The summed E-state index contributed by atoms with van der Waals surface area (Å²) in [5, 5.41) is 1.30. The number of hydrogen-bond donors (Lipinski definition) is 0. The predicted molar refractivity (Wildman–Crippen MR) is 65.3 cm³/mol. The van der Waals surface area contributed by atoms with E-state index in [1.807, 2.05) is 25.1 Å². The highest BCUT2D eigenvalue weighted by atomic mass is 35.6. The van der Waals surface area contributed by atoms with Crippen LogP contribution in [0.25, 0.3) is 0 Å². The quantitative estimate of drug-likeness (QED) is 0.380. The van der Waals surface area contributed by atoms with Crippen molar-refractivity contribution in [1.29, 1.82) is 0 Å². The molecule has 2 heteroatoms. The summed E-state index contributed by atoms with van der Waals surface area (Å²) in [5.41, 5.74) is 0. The molecule has 13 heavy (non-hydrogen) atoms. The first-order valence-corrected chi connectivity index (χ1v) is 8.35. The van der Waals surface area contributed by atoms with Gasteiger partial charge in [0.05, 0.1) is 0 Å². The van der Waals surface area contributed by atoms with Gasteiger partial charge in [0.15, 0.2) is 7.38 Å². The van der Waals surface area contributed by atoms with Gasteiger partial charge in [0.25, 0.3) is 0 Å². The van der Waals surface area contributed by atoms with Crippen molar-refractivity contribution in [3.05, 3.63) is 43.0 Å². The molecule has 72 valence electrons. The van der Waals surface area contributed by atoms with Crippen LogP contribution in [0.15, 0.2) is 43.0 Å². The molecule has 0 N–H and O–H groups in total. The van der Waals surface area contributed by atoms with E-state index >= 15 is 0 Å². The number of allylic oxidation sites excluding steroid dienone is 1. The van der Waals surface area contributed by atoms with Crippen molar-refractivity contribution in [2.45, 2.75) is 20.0 Å². The Hall–Kier alpha value is -0.533. The third-order valence-electron chi connectivity index (χ3n) is 1.46. The summed E-state index contributed by atoms with van der Waals surface area (Å²) in [6.07, 6.45) is 1.75. The van der Waals surface area contributed by atoms with Gasteiger partial charge in [0.2, 0.25) is 0 Å². The van der Waals surface area contributed by atoms with E-state index in [-0.39, 0.29) is 0 Å². The van der Waals surface area contributed by atoms with Crippen molar-refractivity contribution in [2.75, 3.05) is 0 Å². The third kappa shape index (κ3) is 5.67. The first-order valence-electron chi connectivity index (χ1n) is 4.34. The second-order valence-electron chi connectivity index (χ2n) is 3.25. The molecule has 0 saturated carbocycles. The summed E-state index contributed by atoms with van der Waals surface area (Å²) < 4.78 is 0. The van der Waals surface area contributed by atoms with Crippen LogP contribution in [0, 0.1) is 0 Å². The maximum absolute atomic E-state index is 6.20. The average molecular weight is 213 g/mol. The second-order valence-corrected chi connectivity index (χ2v) is 9.60. The molecule has 0 spiro atoms. The molecule has 0 saturated heterocycles. The number of benzene rings is 1. The molecule has 0 aliphatic heterocycles. The van der Waals surface area contributed by atoms with Gasteiger partial charge in [-0.05, 0) is 12.1 Å². The number of rotatable bonds is 1. The fraction of sp³-hybridized carbons (Fsp3) is 0.273. The molecule has 0 aromatic heterocycles. The highest BCUT2D eigenvalue weighted by molar-refractivity contribution is 7.26. The fourth-order valence-electron chi connectivity index (χ4n) is 0.834. The van der Waals surface area contributed by atoms with E-state index in [0.29, 0.717) is 0 Å². The van der Waals surface area contributed by atoms with Crippen LogP contribution < -0.4 is 5.19 Å². The average Bonchev–Trinajstić information content (AvgIpc) is 2.06. The number of halogens is 1. The van der Waals surface area contributed by atoms with Gasteiger partial charge >= 0.3 is 0 Å². The minimum atomic E-state index is -1.56. The molecule has 0 fully saturated rings. The molecule has 1 rings (SSSR count). The van der Waals surface area contributed by atoms with Crippen LogP contribution in [0.2, 0.25) is 13.1 Å². The highest BCUT2D eigenvalue weighted by Gasteiger charge is 2.18. The normalized spacial score (nSPS) is 9.85. The predicted octanol–water partition coefficient (Wildman–Crippen LogP) is 3.53. The molecule has 1 aromatic rings. The molecule has 0 radical (unpaired) electrons. The summed E-state index contributed by atoms with van der Waals surface area (Å²) in [4.78, 5) is 0. The van der Waals surface area contributed by atoms with E-state index in [2.05, 4.69) is 31.8 Å². The highest BCUT2D eigenvalue weighted by Crippen LogP contribution is 2.06. The van der Waals surface area contributed by atoms with Gasteiger partial charge in [-0.2, -0.15) is 11.1 Å². The van der Waals surface area contributed by atoms with Crippen LogP contribution in [0.3, 0.4) is 0 Å². The van der Waals surface area contributed by atoms with Gasteiger partial charge in [0, 0.05) is 0 Å². The molecule has 0 atom stereocenters. The van der Waals surface area contributed by atoms with Crippen molar-refractivity contribution >= 4 is 23.6 Å². The van der Waals surface area contributed by atoms with Gasteiger partial charge in [-0.3, -0.25) is 0 Å². The Morgan fingerprint density at radius 2 is 1.62 bits per heavy atom. The smallest absolute Gasteiger partial charge is 0.162 e. The van der Waals surface area contributed by atoms with Crippen LogP contribution in [0.5, 0.6) is 0 Å². The molecule has 0 bridgehead atoms. The molecule has 0 nitrogen and oxygen atoms in total. The lowest BCUT2D eigenvalue weighted by molar-refractivity contribution is 1.73. The van der Waals surface area contributed by atoms with Gasteiger partial charge < -0.3 is 0 Å². The lowest BCUT2D eigenvalue weighted by Crippen LogP contribution is -2.34. The van der Waals surface area contributed by atoms with Gasteiger partial charge in [-0.25, -0.2) is 0 Å². The number of hydrogen-bond acceptors (Lipinski definition) is 0. The fourth-order valence-corrected chi connectivity index (χ4v) is 2.20. The SMILES string of the molecule is C=CC.C[Si](C)(Cl)c1ccccc1. The largest absolute Gasteiger partial charge is 0.180 e. The standard InChI is InChI=1S/C8H11ClSi.C3H6/c1-10(2,9)8-6-4-3-5-7-8;1-3-2/h3-7H,1-2H3;3H,1H2,2H3. The summed E-state index contributed by atoms with van der Waals surface area (Å²) >= 11 is 6.20. The van der Waals surface area contributed by atoms with Crippen LogP contribution in [0.4, 0.5) is 0 Å². The zero-order valence-corrected chi connectivity index (χ0v) is 10.3. The molecular formula is C11H17ClSi. The molecule has 0 heterocycles. The first kappa shape index (κ1) is 12.5. The molecule has 0 amide bonds. The van der Waals surface area contributed by atoms with E-state index in [4.69, 9.17) is 11.1 Å². The van der Waals surface area contributed by atoms with Crippen LogP contribution in [-0.2, 0) is 0 Å². The summed E-state index contributed by atoms with van der Waals surface area (Å²) in [6.45, 7) is 9.51. The van der Waals surface area contributed by atoms with E-state index in [1.165, 1.54) is 5.19 Å². The van der Waals surface area contributed by atoms with Crippen LogP contribution in [-0.4, -0.2) is 7.38 Å². The van der Waals surface area contributed by atoms with Gasteiger partial charge in [0.1, 0.15) is 0 Å². The monoisotopic (exact) mass is 212 g/mol. The Balaban J connectivity index is 0.000000424. The van der Waals surface area contributed by atoms with E-state index < -0.39 is 7.38 Å².